The summed E-state index contributed by atoms with van der Waals surface area (Å²) in [5.74, 6) is 1.52. The number of fused-ring (bicyclic) bond motifs is 7. The lowest BCUT2D eigenvalue weighted by Gasteiger charge is -2.62. The van der Waals surface area contributed by atoms with Crippen molar-refractivity contribution in [1.82, 2.24) is 0 Å². The van der Waals surface area contributed by atoms with Gasteiger partial charge in [0.05, 0.1) is 58.0 Å². The predicted molar refractivity (Wildman–Crippen MR) is 270 cm³/mol. The van der Waals surface area contributed by atoms with Crippen LogP contribution in [0, 0.1) is 52.3 Å². The largest absolute Gasteiger partial charge is 0.394 e. The van der Waals surface area contributed by atoms with Crippen molar-refractivity contribution in [3.8, 4) is 0 Å². The zero-order valence-corrected chi connectivity index (χ0v) is 46.8. The van der Waals surface area contributed by atoms with E-state index in [1.807, 2.05) is 0 Å². The molecular weight excluding hydrogens is 1090 g/mol. The molecule has 11 rings (SSSR count). The Morgan fingerprint density at radius 2 is 0.988 bits per heavy atom. The second kappa shape index (κ2) is 24.4. The van der Waals surface area contributed by atoms with Crippen LogP contribution in [0.4, 0.5) is 0 Å². The van der Waals surface area contributed by atoms with Gasteiger partial charge in [-0.1, -0.05) is 27.7 Å². The Morgan fingerprint density at radius 1 is 0.439 bits per heavy atom. The van der Waals surface area contributed by atoms with Crippen LogP contribution in [0.1, 0.15) is 85.5 Å². The number of hydrogen-bond acceptors (Lipinski definition) is 27. The number of hydrogen-bond donors (Lipinski definition) is 15. The maximum absolute atomic E-state index is 12.2. The normalized spacial score (nSPS) is 57.9. The van der Waals surface area contributed by atoms with Crippen LogP contribution in [0.2, 0.25) is 0 Å². The monoisotopic (exact) mass is 1180 g/mol. The average Bonchev–Trinajstić information content (AvgIpc) is 3.07. The molecule has 7 saturated heterocycles. The molecule has 4 aliphatic carbocycles. The quantitative estimate of drug-likeness (QED) is 0.0769. The second-order valence-electron chi connectivity index (χ2n) is 26.4. The molecule has 15 N–H and O–H groups in total. The van der Waals surface area contributed by atoms with Gasteiger partial charge in [0.2, 0.25) is 0 Å². The summed E-state index contributed by atoms with van der Waals surface area (Å²) in [5.41, 5.74) is -0.170. The number of aliphatic hydroxyl groups excluding tert-OH is 15. The van der Waals surface area contributed by atoms with E-state index in [0.717, 1.165) is 32.1 Å². The van der Waals surface area contributed by atoms with Crippen LogP contribution < -0.4 is 0 Å². The van der Waals surface area contributed by atoms with Gasteiger partial charge in [-0.25, -0.2) is 0 Å². The van der Waals surface area contributed by atoms with Gasteiger partial charge in [0.1, 0.15) is 110 Å². The first-order valence-corrected chi connectivity index (χ1v) is 29.7. The lowest BCUT2D eigenvalue weighted by molar-refractivity contribution is -0.412. The fourth-order valence-electron chi connectivity index (χ4n) is 17.1. The third kappa shape index (κ3) is 10.9. The molecule has 7 heterocycles. The van der Waals surface area contributed by atoms with Gasteiger partial charge in [0, 0.05) is 12.3 Å². The molecule has 1 spiro atoms. The molecule has 36 atom stereocenters. The molecule has 36 unspecified atom stereocenters. The summed E-state index contributed by atoms with van der Waals surface area (Å²) < 4.78 is 73.5. The van der Waals surface area contributed by atoms with Gasteiger partial charge in [-0.15, -0.1) is 0 Å². The highest BCUT2D eigenvalue weighted by molar-refractivity contribution is 5.16. The van der Waals surface area contributed by atoms with E-state index in [1.54, 1.807) is 0 Å². The maximum atomic E-state index is 12.2. The minimum atomic E-state index is -2.05. The summed E-state index contributed by atoms with van der Waals surface area (Å²) in [6, 6.07) is 0. The molecular formula is C55H90O27. The molecule has 82 heavy (non-hydrogen) atoms. The highest BCUT2D eigenvalue weighted by atomic mass is 16.8. The maximum Gasteiger partial charge on any atom is 0.187 e. The fraction of sp³-hybridized carbons (Fsp3) is 1.00. The van der Waals surface area contributed by atoms with Crippen LogP contribution in [0.5, 0.6) is 0 Å². The summed E-state index contributed by atoms with van der Waals surface area (Å²) in [7, 11) is 0. The number of rotatable bonds is 13. The Labute approximate surface area is 475 Å². The highest BCUT2D eigenvalue weighted by Gasteiger charge is 2.70. The summed E-state index contributed by atoms with van der Waals surface area (Å²) in [5, 5.41) is 165. The van der Waals surface area contributed by atoms with Gasteiger partial charge in [-0.05, 0) is 97.7 Å². The van der Waals surface area contributed by atoms with Gasteiger partial charge in [-0.2, -0.15) is 0 Å². The third-order valence-corrected chi connectivity index (χ3v) is 21.7. The lowest BCUT2D eigenvalue weighted by Crippen LogP contribution is -2.69. The van der Waals surface area contributed by atoms with Crippen molar-refractivity contribution in [3.63, 3.8) is 0 Å². The molecule has 0 bridgehead atoms. The van der Waals surface area contributed by atoms with Crippen LogP contribution >= 0.6 is 0 Å². The van der Waals surface area contributed by atoms with Crippen molar-refractivity contribution < 1.29 is 133 Å². The lowest BCUT2D eigenvalue weighted by atomic mass is 9.43. The van der Waals surface area contributed by atoms with Crippen molar-refractivity contribution in [2.45, 2.75) is 251 Å². The molecule has 27 nitrogen and oxygen atoms in total. The zero-order valence-electron chi connectivity index (χ0n) is 46.8. The van der Waals surface area contributed by atoms with Crippen LogP contribution in [0.3, 0.4) is 0 Å². The van der Waals surface area contributed by atoms with E-state index in [4.69, 9.17) is 56.8 Å². The third-order valence-electron chi connectivity index (χ3n) is 21.7. The summed E-state index contributed by atoms with van der Waals surface area (Å²) >= 11 is 0. The molecule has 0 amide bonds. The molecule has 11 fully saturated rings. The summed E-state index contributed by atoms with van der Waals surface area (Å²) in [6.07, 6.45) is -35.8. The van der Waals surface area contributed by atoms with Crippen molar-refractivity contribution in [3.05, 3.63) is 0 Å². The average molecular weight is 1180 g/mol. The van der Waals surface area contributed by atoms with E-state index in [1.165, 1.54) is 0 Å². The smallest absolute Gasteiger partial charge is 0.187 e. The van der Waals surface area contributed by atoms with Gasteiger partial charge in [0.25, 0.3) is 0 Å². The van der Waals surface area contributed by atoms with E-state index in [9.17, 15) is 76.6 Å². The molecule has 11 aliphatic rings. The van der Waals surface area contributed by atoms with Gasteiger partial charge in [-0.3, -0.25) is 0 Å². The molecule has 0 aromatic carbocycles. The van der Waals surface area contributed by atoms with Crippen molar-refractivity contribution >= 4 is 0 Å². The minimum Gasteiger partial charge on any atom is -0.394 e. The SMILES string of the molecule is CC1CCC2(OC1)OC1CC3C4CC(O)C5CC(OC6OC(CO)C(OC7OC(CO)C(O)C(OC8OCC(O)C(O)C8O)C7OC7OC(CO)C(O)C(O)C7OC7OCC(O)C(O)C7O)C(O)C6O)CCC5(C)C4CCC3(C)C1C2C. The van der Waals surface area contributed by atoms with Crippen LogP contribution in [0.15, 0.2) is 0 Å². The van der Waals surface area contributed by atoms with Crippen molar-refractivity contribution in [1.29, 1.82) is 0 Å². The molecule has 27 heteroatoms. The van der Waals surface area contributed by atoms with E-state index < -0.39 is 192 Å². The molecule has 0 aromatic heterocycles. The van der Waals surface area contributed by atoms with E-state index in [2.05, 4.69) is 27.7 Å². The topological polar surface area (TPSA) is 414 Å². The Morgan fingerprint density at radius 3 is 1.61 bits per heavy atom. The van der Waals surface area contributed by atoms with Gasteiger partial charge in [0.15, 0.2) is 37.2 Å². The van der Waals surface area contributed by atoms with Crippen LogP contribution in [-0.2, 0) is 56.8 Å². The van der Waals surface area contributed by atoms with E-state index >= 15 is 0 Å². The predicted octanol–water partition coefficient (Wildman–Crippen LogP) is -4.84. The fourth-order valence-corrected chi connectivity index (χ4v) is 17.1. The Bertz CT molecular complexity index is 2130. The van der Waals surface area contributed by atoms with Crippen LogP contribution in [-0.4, -0.2) is 282 Å². The van der Waals surface area contributed by atoms with E-state index in [0.29, 0.717) is 61.9 Å². The van der Waals surface area contributed by atoms with Gasteiger partial charge < -0.3 is 133 Å². The molecule has 7 aliphatic heterocycles. The van der Waals surface area contributed by atoms with Gasteiger partial charge >= 0.3 is 0 Å². The number of ether oxygens (including phenoxy) is 12. The number of aliphatic hydroxyl groups is 15. The van der Waals surface area contributed by atoms with Crippen LogP contribution in [0.25, 0.3) is 0 Å². The second-order valence-corrected chi connectivity index (χ2v) is 26.4. The Balaban J connectivity index is 0.798. The van der Waals surface area contributed by atoms with E-state index in [-0.39, 0.29) is 28.8 Å². The first kappa shape index (κ1) is 62.5. The minimum absolute atomic E-state index is 0.0514. The highest BCUT2D eigenvalue weighted by Crippen LogP contribution is 2.71. The first-order chi connectivity index (χ1) is 39.0. The Hall–Kier alpha value is -1.08. The summed E-state index contributed by atoms with van der Waals surface area (Å²) in [4.78, 5) is 0. The molecule has 472 valence electrons. The van der Waals surface area contributed by atoms with Crippen molar-refractivity contribution in [2.75, 3.05) is 39.6 Å². The molecule has 4 saturated carbocycles. The summed E-state index contributed by atoms with van der Waals surface area (Å²) in [6.45, 7) is 6.12. The van der Waals surface area contributed by atoms with Crippen molar-refractivity contribution in [2.24, 2.45) is 52.3 Å². The molecule has 0 aromatic rings. The Kier molecular flexibility index (Phi) is 18.6. The molecule has 0 radical (unpaired) electrons. The first-order valence-electron chi connectivity index (χ1n) is 29.7. The standard InChI is InChI=1S/C55H90O27/c1-20-5-10-55(73-17-20)21(2)34-30(82-55)13-25-23-12-27(59)26-11-22(6-8-53(26,3)24(23)7-9-54(25,34)4)74-50-43(70)40(67)44(33(16-58)77-50)78-52-47(45(38(65)32(15-57)76-52)79-48-41(68)35(62)28(60)18-71-48)81-51-46(39(66)37(64)31(14-56)75-51)80-49-42(69)36(63)29(61)19-72-49/h20-52,56-70H,5-19H2,1-4H3. The zero-order chi connectivity index (χ0) is 58.6.